The van der Waals surface area contributed by atoms with Crippen LogP contribution in [0.2, 0.25) is 0 Å². The second kappa shape index (κ2) is 5.21. The minimum atomic E-state index is 0.252. The lowest BCUT2D eigenvalue weighted by Gasteiger charge is -2.30. The monoisotopic (exact) mass is 232 g/mol. The van der Waals surface area contributed by atoms with Crippen molar-refractivity contribution in [1.82, 2.24) is 0 Å². The van der Waals surface area contributed by atoms with Gasteiger partial charge in [0.15, 0.2) is 0 Å². The van der Waals surface area contributed by atoms with E-state index in [1.807, 2.05) is 18.9 Å². The highest BCUT2D eigenvalue weighted by atomic mass is 16.2. The molecule has 3 heteroatoms. The zero-order valence-corrected chi connectivity index (χ0v) is 10.6. The van der Waals surface area contributed by atoms with Gasteiger partial charge in [0.05, 0.1) is 0 Å². The second-order valence-electron chi connectivity index (χ2n) is 4.49. The summed E-state index contributed by atoms with van der Waals surface area (Å²) in [5.41, 5.74) is 3.46. The molecule has 1 heterocycles. The number of amides is 1. The molecule has 1 amide bonds. The van der Waals surface area contributed by atoms with E-state index in [1.54, 1.807) is 0 Å². The van der Waals surface area contributed by atoms with Gasteiger partial charge >= 0.3 is 0 Å². The summed E-state index contributed by atoms with van der Waals surface area (Å²) in [4.78, 5) is 14.0. The summed E-state index contributed by atoms with van der Waals surface area (Å²) in [5, 5.41) is 3.13. The van der Waals surface area contributed by atoms with Crippen LogP contribution in [0.3, 0.4) is 0 Å². The number of nitrogens with one attached hydrogen (secondary N) is 1. The lowest BCUT2D eigenvalue weighted by Crippen LogP contribution is -2.35. The Kier molecular flexibility index (Phi) is 3.67. The molecule has 0 aliphatic carbocycles. The van der Waals surface area contributed by atoms with Gasteiger partial charge in [0, 0.05) is 31.4 Å². The molecule has 1 aliphatic heterocycles. The molecule has 17 heavy (non-hydrogen) atoms. The summed E-state index contributed by atoms with van der Waals surface area (Å²) in [7, 11) is 1.91. The molecule has 0 unspecified atom stereocenters. The first kappa shape index (κ1) is 12.0. The van der Waals surface area contributed by atoms with Crippen LogP contribution in [0.1, 0.15) is 31.7 Å². The normalized spacial score (nSPS) is 14.4. The third-order valence-electron chi connectivity index (χ3n) is 3.26. The van der Waals surface area contributed by atoms with E-state index >= 15 is 0 Å². The van der Waals surface area contributed by atoms with E-state index < -0.39 is 0 Å². The first-order chi connectivity index (χ1) is 8.26. The van der Waals surface area contributed by atoms with Crippen molar-refractivity contribution in [2.24, 2.45) is 0 Å². The number of hydrogen-bond donors (Lipinski definition) is 1. The van der Waals surface area contributed by atoms with Gasteiger partial charge in [-0.25, -0.2) is 0 Å². The third-order valence-corrected chi connectivity index (χ3v) is 3.26. The molecule has 0 aromatic heterocycles. The van der Waals surface area contributed by atoms with Crippen molar-refractivity contribution >= 4 is 17.3 Å². The molecule has 0 spiro atoms. The number of nitrogens with zero attached hydrogens (tertiary/aromatic N) is 1. The Balaban J connectivity index is 2.31. The fraction of sp³-hybridized carbons (Fsp3) is 0.500. The first-order valence-corrected chi connectivity index (χ1v) is 6.37. The summed E-state index contributed by atoms with van der Waals surface area (Å²) in [6, 6.07) is 6.29. The summed E-state index contributed by atoms with van der Waals surface area (Å²) in [6.45, 7) is 2.91. The van der Waals surface area contributed by atoms with Crippen molar-refractivity contribution in [1.29, 1.82) is 0 Å². The molecule has 0 saturated carbocycles. The standard InChI is InChI=1S/C14H20N2O/c1-3-5-14(17)16-9-4-6-11-7-8-12(15-2)10-13(11)16/h7-8,10,15H,3-6,9H2,1-2H3. The molecule has 0 fully saturated rings. The van der Waals surface area contributed by atoms with Crippen LogP contribution in [0.4, 0.5) is 11.4 Å². The van der Waals surface area contributed by atoms with E-state index in [9.17, 15) is 4.79 Å². The molecule has 3 nitrogen and oxygen atoms in total. The zero-order chi connectivity index (χ0) is 12.3. The van der Waals surface area contributed by atoms with E-state index in [0.29, 0.717) is 6.42 Å². The van der Waals surface area contributed by atoms with Crippen molar-refractivity contribution in [3.63, 3.8) is 0 Å². The molecule has 1 aliphatic rings. The number of anilines is 2. The van der Waals surface area contributed by atoms with Gasteiger partial charge in [0.2, 0.25) is 5.91 Å². The van der Waals surface area contributed by atoms with Crippen molar-refractivity contribution < 1.29 is 4.79 Å². The summed E-state index contributed by atoms with van der Waals surface area (Å²) in [5.74, 6) is 0.252. The van der Waals surface area contributed by atoms with E-state index in [-0.39, 0.29) is 5.91 Å². The van der Waals surface area contributed by atoms with Crippen LogP contribution < -0.4 is 10.2 Å². The molecular formula is C14H20N2O. The molecule has 1 aromatic carbocycles. The Morgan fingerprint density at radius 3 is 3.00 bits per heavy atom. The minimum Gasteiger partial charge on any atom is -0.388 e. The number of rotatable bonds is 3. The lowest BCUT2D eigenvalue weighted by atomic mass is 10.0. The summed E-state index contributed by atoms with van der Waals surface area (Å²) < 4.78 is 0. The van der Waals surface area contributed by atoms with Crippen LogP contribution >= 0.6 is 0 Å². The number of aryl methyl sites for hydroxylation is 1. The lowest BCUT2D eigenvalue weighted by molar-refractivity contribution is -0.118. The SMILES string of the molecule is CCCC(=O)N1CCCc2ccc(NC)cc21. The highest BCUT2D eigenvalue weighted by Gasteiger charge is 2.21. The van der Waals surface area contributed by atoms with Gasteiger partial charge < -0.3 is 10.2 Å². The number of benzene rings is 1. The quantitative estimate of drug-likeness (QED) is 0.869. The average Bonchev–Trinajstić information content (AvgIpc) is 2.37. The van der Waals surface area contributed by atoms with Crippen LogP contribution in [0.15, 0.2) is 18.2 Å². The molecule has 0 bridgehead atoms. The van der Waals surface area contributed by atoms with Gasteiger partial charge in [-0.15, -0.1) is 0 Å². The number of carbonyl (C=O) groups excluding carboxylic acids is 1. The predicted octanol–water partition coefficient (Wildman–Crippen LogP) is 2.81. The maximum Gasteiger partial charge on any atom is 0.226 e. The van der Waals surface area contributed by atoms with Crippen molar-refractivity contribution in [2.45, 2.75) is 32.6 Å². The maximum atomic E-state index is 12.1. The highest BCUT2D eigenvalue weighted by Crippen LogP contribution is 2.30. The Bertz CT molecular complexity index is 415. The summed E-state index contributed by atoms with van der Waals surface area (Å²) >= 11 is 0. The van der Waals surface area contributed by atoms with Gasteiger partial charge in [-0.05, 0) is 37.0 Å². The molecule has 92 valence electrons. The molecule has 1 aromatic rings. The number of hydrogen-bond acceptors (Lipinski definition) is 2. The first-order valence-electron chi connectivity index (χ1n) is 6.37. The number of carbonyl (C=O) groups is 1. The minimum absolute atomic E-state index is 0.252. The zero-order valence-electron chi connectivity index (χ0n) is 10.6. The Hall–Kier alpha value is -1.51. The molecule has 1 N–H and O–H groups in total. The van der Waals surface area contributed by atoms with Gasteiger partial charge in [-0.2, -0.15) is 0 Å². The Morgan fingerprint density at radius 2 is 2.29 bits per heavy atom. The molecular weight excluding hydrogens is 212 g/mol. The van der Waals surface area contributed by atoms with E-state index in [0.717, 1.165) is 37.2 Å². The van der Waals surface area contributed by atoms with Gasteiger partial charge in [0.25, 0.3) is 0 Å². The van der Waals surface area contributed by atoms with Gasteiger partial charge in [-0.1, -0.05) is 13.0 Å². The van der Waals surface area contributed by atoms with Crippen LogP contribution in [0, 0.1) is 0 Å². The van der Waals surface area contributed by atoms with Gasteiger partial charge in [0.1, 0.15) is 0 Å². The third kappa shape index (κ3) is 2.43. The van der Waals surface area contributed by atoms with E-state index in [2.05, 4.69) is 23.5 Å². The van der Waals surface area contributed by atoms with Gasteiger partial charge in [-0.3, -0.25) is 4.79 Å². The molecule has 0 radical (unpaired) electrons. The van der Waals surface area contributed by atoms with Crippen LogP contribution in [0.5, 0.6) is 0 Å². The van der Waals surface area contributed by atoms with E-state index in [1.165, 1.54) is 5.56 Å². The summed E-state index contributed by atoms with van der Waals surface area (Å²) in [6.07, 6.45) is 3.70. The maximum absolute atomic E-state index is 12.1. The highest BCUT2D eigenvalue weighted by molar-refractivity contribution is 5.95. The van der Waals surface area contributed by atoms with Crippen LogP contribution in [-0.4, -0.2) is 19.5 Å². The van der Waals surface area contributed by atoms with Crippen LogP contribution in [0.25, 0.3) is 0 Å². The molecule has 0 atom stereocenters. The molecule has 0 saturated heterocycles. The smallest absolute Gasteiger partial charge is 0.226 e. The second-order valence-corrected chi connectivity index (χ2v) is 4.49. The number of fused-ring (bicyclic) bond motifs is 1. The fourth-order valence-electron chi connectivity index (χ4n) is 2.34. The largest absolute Gasteiger partial charge is 0.388 e. The van der Waals surface area contributed by atoms with Crippen molar-refractivity contribution in [3.05, 3.63) is 23.8 Å². The Labute approximate surface area is 103 Å². The predicted molar refractivity (Wildman–Crippen MR) is 71.6 cm³/mol. The van der Waals surface area contributed by atoms with Crippen LogP contribution in [-0.2, 0) is 11.2 Å². The topological polar surface area (TPSA) is 32.3 Å². The van der Waals surface area contributed by atoms with Crippen molar-refractivity contribution in [3.8, 4) is 0 Å². The Morgan fingerprint density at radius 1 is 1.47 bits per heavy atom. The van der Waals surface area contributed by atoms with E-state index in [4.69, 9.17) is 0 Å². The fourth-order valence-corrected chi connectivity index (χ4v) is 2.34. The van der Waals surface area contributed by atoms with Crippen molar-refractivity contribution in [2.75, 3.05) is 23.8 Å². The average molecular weight is 232 g/mol. The molecule has 2 rings (SSSR count).